The topological polar surface area (TPSA) is 77.1 Å². The standard InChI is InChI=1S/2C9H21P.C2H4O2.2CO.BF4.Os/c2*1-7(2)10(8(3)4)9(5)6;1-2(3)4;2*1-2;2-1(3,4)5;/h2*7-9H,1-6H3;1H3,(H,3,4);;;;/q;;;;;-1;+1. The second kappa shape index (κ2) is 31.3. The van der Waals surface area contributed by atoms with Gasteiger partial charge in [-0.1, -0.05) is 98.9 Å². The molecule has 1 radical (unpaired) electrons. The molecule has 207 valence electrons. The molecule has 0 heterocycles. The van der Waals surface area contributed by atoms with Gasteiger partial charge >= 0.3 is 49.6 Å². The van der Waals surface area contributed by atoms with Gasteiger partial charge in [0.05, 0.1) is 0 Å². The largest absolute Gasteiger partial charge is 1.00 e. The van der Waals surface area contributed by atoms with Crippen LogP contribution in [0.4, 0.5) is 17.3 Å². The Morgan fingerprint density at radius 1 is 0.618 bits per heavy atom. The Hall–Kier alpha value is 0.231. The Morgan fingerprint density at radius 3 is 0.676 bits per heavy atom. The van der Waals surface area contributed by atoms with E-state index in [0.717, 1.165) is 40.9 Å². The fourth-order valence-corrected chi connectivity index (χ4v) is 10.7. The average molecular weight is 714 g/mol. The summed E-state index contributed by atoms with van der Waals surface area (Å²) in [5.41, 5.74) is 5.39. The first-order chi connectivity index (χ1) is 14.7. The number of carbonyl (C=O) groups is 1. The summed E-state index contributed by atoms with van der Waals surface area (Å²) >= 11 is 0. The number of aliphatic carboxylic acids is 1. The quantitative estimate of drug-likeness (QED) is 0.0984. The van der Waals surface area contributed by atoms with E-state index in [1.165, 1.54) is 0 Å². The van der Waals surface area contributed by atoms with Gasteiger partial charge in [0.25, 0.3) is 5.97 Å². The first-order valence-electron chi connectivity index (χ1n) is 10.7. The van der Waals surface area contributed by atoms with Gasteiger partial charge in [-0.15, -0.1) is 0 Å². The van der Waals surface area contributed by atoms with E-state index in [-0.39, 0.29) is 35.6 Å². The molecule has 0 aliphatic carbocycles. The van der Waals surface area contributed by atoms with Gasteiger partial charge in [-0.2, -0.15) is 0 Å². The number of halogens is 4. The maximum atomic E-state index is 9.75. The molecule has 4 nitrogen and oxygen atoms in total. The number of carboxylic acids is 1. The van der Waals surface area contributed by atoms with Crippen LogP contribution in [0, 0.1) is 13.3 Å². The third kappa shape index (κ3) is 53.5. The SMILES string of the molecule is CC(=O)O.CC(C)P(C(C)C)C(C)C.CC(C)P(C(C)C)C(C)C.F[B-](F)(F)F.[C-]#[O+].[C-]#[O+].[Os+]. The van der Waals surface area contributed by atoms with Crippen molar-refractivity contribution in [1.29, 1.82) is 0 Å². The van der Waals surface area contributed by atoms with Gasteiger partial charge in [0.15, 0.2) is 0 Å². The molecular formula is C22H46BF4O4OsP2. The number of carboxylic acid groups (broad SMARTS) is 1. The second-order valence-electron chi connectivity index (χ2n) is 8.47. The van der Waals surface area contributed by atoms with Gasteiger partial charge in [-0.3, -0.25) is 4.79 Å². The summed E-state index contributed by atoms with van der Waals surface area (Å²) in [6, 6.07) is 0. The van der Waals surface area contributed by atoms with Crippen molar-refractivity contribution in [3.8, 4) is 0 Å². The maximum Gasteiger partial charge on any atom is 1.00 e. The Labute approximate surface area is 222 Å². The number of hydrogen-bond acceptors (Lipinski definition) is 1. The van der Waals surface area contributed by atoms with E-state index < -0.39 is 13.2 Å². The summed E-state index contributed by atoms with van der Waals surface area (Å²) < 4.78 is 54.0. The summed E-state index contributed by atoms with van der Waals surface area (Å²) in [5, 5.41) is 7.42. The molecule has 0 aromatic heterocycles. The van der Waals surface area contributed by atoms with Crippen molar-refractivity contribution in [3.63, 3.8) is 0 Å². The summed E-state index contributed by atoms with van der Waals surface area (Å²) in [7, 11) is -5.48. The Kier molecular flexibility index (Phi) is 46.9. The van der Waals surface area contributed by atoms with Crippen LogP contribution in [-0.4, -0.2) is 52.3 Å². The van der Waals surface area contributed by atoms with Gasteiger partial charge in [-0.05, 0) is 34.0 Å². The fraction of sp³-hybridized carbons (Fsp3) is 0.864. The predicted octanol–water partition coefficient (Wildman–Crippen LogP) is 8.70. The van der Waals surface area contributed by atoms with E-state index in [4.69, 9.17) is 19.2 Å². The maximum absolute atomic E-state index is 9.75. The van der Waals surface area contributed by atoms with Crippen molar-refractivity contribution in [1.82, 2.24) is 0 Å². The van der Waals surface area contributed by atoms with Gasteiger partial charge in [0, 0.05) is 6.92 Å². The third-order valence-electron chi connectivity index (χ3n) is 3.58. The molecule has 0 saturated carbocycles. The van der Waals surface area contributed by atoms with E-state index in [9.17, 15) is 17.3 Å². The Bertz CT molecular complexity index is 397. The van der Waals surface area contributed by atoms with Gasteiger partial charge < -0.3 is 22.4 Å². The molecule has 0 saturated heterocycles. The van der Waals surface area contributed by atoms with Crippen LogP contribution in [0.3, 0.4) is 0 Å². The normalized spacial score (nSPS) is 10.0. The summed E-state index contributed by atoms with van der Waals surface area (Å²) in [5.74, 6) is -0.833. The molecule has 0 spiro atoms. The van der Waals surface area contributed by atoms with Gasteiger partial charge in [0.2, 0.25) is 0 Å². The predicted molar refractivity (Wildman–Crippen MR) is 136 cm³/mol. The number of hydrogen-bond donors (Lipinski definition) is 1. The molecule has 0 atom stereocenters. The summed E-state index contributed by atoms with van der Waals surface area (Å²) in [6.45, 7) is 38.3. The van der Waals surface area contributed by atoms with Gasteiger partial charge in [-0.25, -0.2) is 0 Å². The molecule has 0 aromatic rings. The zero-order valence-corrected chi connectivity index (χ0v) is 27.3. The monoisotopic (exact) mass is 715 g/mol. The van der Waals surface area contributed by atoms with Crippen LogP contribution < -0.4 is 0 Å². The van der Waals surface area contributed by atoms with Crippen LogP contribution in [0.5, 0.6) is 0 Å². The van der Waals surface area contributed by atoms with Crippen molar-refractivity contribution in [2.24, 2.45) is 0 Å². The van der Waals surface area contributed by atoms with Crippen LogP contribution in [0.2, 0.25) is 0 Å². The number of rotatable bonds is 6. The van der Waals surface area contributed by atoms with Crippen molar-refractivity contribution in [2.45, 2.75) is 124 Å². The molecule has 0 fully saturated rings. The minimum atomic E-state index is -6.00. The van der Waals surface area contributed by atoms with Crippen molar-refractivity contribution in [3.05, 3.63) is 13.3 Å². The molecule has 0 aliphatic rings. The molecule has 0 amide bonds. The first-order valence-corrected chi connectivity index (χ1v) is 13.8. The molecule has 0 aliphatic heterocycles. The van der Waals surface area contributed by atoms with E-state index in [1.807, 2.05) is 0 Å². The zero-order chi connectivity index (χ0) is 28.7. The summed E-state index contributed by atoms with van der Waals surface area (Å²) in [4.78, 5) is 9.00. The molecule has 0 bridgehead atoms. The molecule has 0 aromatic carbocycles. The van der Waals surface area contributed by atoms with Crippen LogP contribution in [0.15, 0.2) is 0 Å². The molecule has 34 heavy (non-hydrogen) atoms. The van der Waals surface area contributed by atoms with E-state index in [1.54, 1.807) is 0 Å². The first kappa shape index (κ1) is 51.0. The van der Waals surface area contributed by atoms with Crippen LogP contribution in [0.25, 0.3) is 0 Å². The minimum absolute atomic E-state index is 0. The smallest absolute Gasteiger partial charge is 1.00 e. The van der Waals surface area contributed by atoms with Crippen LogP contribution in [-0.2, 0) is 33.9 Å². The van der Waals surface area contributed by atoms with Crippen molar-refractivity contribution < 1.29 is 56.3 Å². The van der Waals surface area contributed by atoms with Crippen molar-refractivity contribution >= 4 is 29.1 Å². The Balaban J connectivity index is -0.0000000567. The summed E-state index contributed by atoms with van der Waals surface area (Å²) in [6.07, 6.45) is 0. The molecule has 0 unspecified atom stereocenters. The average Bonchev–Trinajstić information content (AvgIpc) is 2.54. The molecule has 12 heteroatoms. The Morgan fingerprint density at radius 2 is 0.676 bits per heavy atom. The molecular weight excluding hydrogens is 667 g/mol. The fourth-order valence-electron chi connectivity index (χ4n) is 3.58. The third-order valence-corrected chi connectivity index (χ3v) is 10.7. The van der Waals surface area contributed by atoms with Crippen LogP contribution >= 0.6 is 15.8 Å². The molecule has 0 rings (SSSR count). The van der Waals surface area contributed by atoms with E-state index >= 15 is 0 Å². The van der Waals surface area contributed by atoms with E-state index in [0.29, 0.717) is 0 Å². The van der Waals surface area contributed by atoms with Crippen molar-refractivity contribution in [2.75, 3.05) is 0 Å². The molecule has 1 N–H and O–H groups in total. The zero-order valence-electron chi connectivity index (χ0n) is 23.0. The second-order valence-corrected chi connectivity index (χ2v) is 16.5. The van der Waals surface area contributed by atoms with Gasteiger partial charge in [0.1, 0.15) is 0 Å². The minimum Gasteiger partial charge on any atom is 1.00 e. The van der Waals surface area contributed by atoms with E-state index in [2.05, 4.69) is 96.4 Å². The van der Waals surface area contributed by atoms with Crippen LogP contribution in [0.1, 0.15) is 90.0 Å².